The van der Waals surface area contributed by atoms with Gasteiger partial charge in [0, 0.05) is 24.8 Å². The lowest BCUT2D eigenvalue weighted by molar-refractivity contribution is 0.583. The highest BCUT2D eigenvalue weighted by atomic mass is 19.1. The number of nitriles is 1. The van der Waals surface area contributed by atoms with Crippen LogP contribution in [-0.2, 0) is 0 Å². The van der Waals surface area contributed by atoms with Gasteiger partial charge in [-0.3, -0.25) is 0 Å². The first kappa shape index (κ1) is 12.8. The average molecular weight is 247 g/mol. The molecule has 1 aromatic carbocycles. The summed E-state index contributed by atoms with van der Waals surface area (Å²) in [5, 5.41) is 12.3. The maximum absolute atomic E-state index is 13.4. The van der Waals surface area contributed by atoms with E-state index in [-0.39, 0.29) is 5.82 Å². The Bertz CT molecular complexity index is 447. The van der Waals surface area contributed by atoms with E-state index < -0.39 is 0 Å². The summed E-state index contributed by atoms with van der Waals surface area (Å²) < 4.78 is 13.4. The fourth-order valence-corrected chi connectivity index (χ4v) is 2.42. The molecule has 0 aromatic heterocycles. The van der Waals surface area contributed by atoms with Crippen molar-refractivity contribution < 1.29 is 4.39 Å². The standard InChI is InChI=1S/C14H18FN3/c1-2-18(10-13-4-3-5-17-13)14-7-11(9-16)6-12(15)8-14/h6-8,13,17H,2-5,10H2,1H3. The van der Waals surface area contributed by atoms with Crippen molar-refractivity contribution in [3.05, 3.63) is 29.6 Å². The van der Waals surface area contributed by atoms with Gasteiger partial charge in [-0.05, 0) is 44.5 Å². The molecule has 1 atom stereocenters. The molecule has 1 fully saturated rings. The molecular formula is C14H18FN3. The van der Waals surface area contributed by atoms with E-state index in [4.69, 9.17) is 5.26 Å². The Morgan fingerprint density at radius 1 is 1.50 bits per heavy atom. The van der Waals surface area contributed by atoms with Crippen LogP contribution in [0.2, 0.25) is 0 Å². The molecule has 1 saturated heterocycles. The van der Waals surface area contributed by atoms with Crippen molar-refractivity contribution in [2.24, 2.45) is 0 Å². The molecule has 0 radical (unpaired) electrons. The van der Waals surface area contributed by atoms with E-state index in [1.54, 1.807) is 6.07 Å². The predicted molar refractivity (Wildman–Crippen MR) is 70.0 cm³/mol. The molecule has 0 aliphatic carbocycles. The molecule has 1 unspecified atom stereocenters. The second kappa shape index (κ2) is 5.83. The van der Waals surface area contributed by atoms with Crippen molar-refractivity contribution in [2.75, 3.05) is 24.5 Å². The van der Waals surface area contributed by atoms with Crippen LogP contribution >= 0.6 is 0 Å². The van der Waals surface area contributed by atoms with E-state index >= 15 is 0 Å². The quantitative estimate of drug-likeness (QED) is 0.887. The summed E-state index contributed by atoms with van der Waals surface area (Å²) >= 11 is 0. The van der Waals surface area contributed by atoms with E-state index in [1.165, 1.54) is 18.6 Å². The van der Waals surface area contributed by atoms with Crippen molar-refractivity contribution in [2.45, 2.75) is 25.8 Å². The molecule has 3 nitrogen and oxygen atoms in total. The number of likely N-dealkylation sites (N-methyl/N-ethyl adjacent to an activating group) is 1. The van der Waals surface area contributed by atoms with Gasteiger partial charge in [-0.2, -0.15) is 5.26 Å². The monoisotopic (exact) mass is 247 g/mol. The molecule has 1 aromatic rings. The van der Waals surface area contributed by atoms with Gasteiger partial charge >= 0.3 is 0 Å². The van der Waals surface area contributed by atoms with E-state index in [1.807, 2.05) is 13.0 Å². The molecule has 1 N–H and O–H groups in total. The Balaban J connectivity index is 2.15. The number of anilines is 1. The van der Waals surface area contributed by atoms with Crippen LogP contribution in [0, 0.1) is 17.1 Å². The minimum Gasteiger partial charge on any atom is -0.370 e. The van der Waals surface area contributed by atoms with Gasteiger partial charge in [0.2, 0.25) is 0 Å². The van der Waals surface area contributed by atoms with Crippen LogP contribution in [0.15, 0.2) is 18.2 Å². The molecule has 2 rings (SSSR count). The number of rotatable bonds is 4. The Morgan fingerprint density at radius 3 is 2.94 bits per heavy atom. The number of nitrogens with one attached hydrogen (secondary N) is 1. The molecule has 0 spiro atoms. The van der Waals surface area contributed by atoms with Crippen LogP contribution in [-0.4, -0.2) is 25.7 Å². The zero-order valence-electron chi connectivity index (χ0n) is 10.6. The molecule has 96 valence electrons. The Morgan fingerprint density at radius 2 is 2.33 bits per heavy atom. The molecule has 0 bridgehead atoms. The fraction of sp³-hybridized carbons (Fsp3) is 0.500. The third-order valence-electron chi connectivity index (χ3n) is 3.36. The summed E-state index contributed by atoms with van der Waals surface area (Å²) in [6.45, 7) is 4.79. The van der Waals surface area contributed by atoms with Crippen molar-refractivity contribution in [3.8, 4) is 6.07 Å². The van der Waals surface area contributed by atoms with Crippen molar-refractivity contribution >= 4 is 5.69 Å². The van der Waals surface area contributed by atoms with Gasteiger partial charge in [0.25, 0.3) is 0 Å². The molecular weight excluding hydrogens is 229 g/mol. The lowest BCUT2D eigenvalue weighted by Gasteiger charge is -2.26. The van der Waals surface area contributed by atoms with Crippen LogP contribution < -0.4 is 10.2 Å². The van der Waals surface area contributed by atoms with E-state index in [0.717, 1.165) is 31.7 Å². The van der Waals surface area contributed by atoms with E-state index in [0.29, 0.717) is 11.6 Å². The highest BCUT2D eigenvalue weighted by molar-refractivity contribution is 5.52. The Hall–Kier alpha value is -1.60. The minimum atomic E-state index is -0.345. The number of hydrogen-bond donors (Lipinski definition) is 1. The Kier molecular flexibility index (Phi) is 4.16. The number of hydrogen-bond acceptors (Lipinski definition) is 3. The zero-order valence-corrected chi connectivity index (χ0v) is 10.6. The number of benzene rings is 1. The molecule has 1 aliphatic rings. The van der Waals surface area contributed by atoms with Gasteiger partial charge in [-0.1, -0.05) is 0 Å². The van der Waals surface area contributed by atoms with Crippen LogP contribution in [0.1, 0.15) is 25.3 Å². The third-order valence-corrected chi connectivity index (χ3v) is 3.36. The normalized spacial score (nSPS) is 18.6. The van der Waals surface area contributed by atoms with Gasteiger partial charge in [-0.25, -0.2) is 4.39 Å². The highest BCUT2D eigenvalue weighted by Crippen LogP contribution is 2.20. The largest absolute Gasteiger partial charge is 0.370 e. The first-order chi connectivity index (χ1) is 8.72. The smallest absolute Gasteiger partial charge is 0.126 e. The summed E-state index contributed by atoms with van der Waals surface area (Å²) in [7, 11) is 0. The summed E-state index contributed by atoms with van der Waals surface area (Å²) in [5.41, 5.74) is 1.17. The fourth-order valence-electron chi connectivity index (χ4n) is 2.42. The second-order valence-corrected chi connectivity index (χ2v) is 4.64. The van der Waals surface area contributed by atoms with Crippen molar-refractivity contribution in [1.29, 1.82) is 5.26 Å². The SMILES string of the molecule is CCN(CC1CCCN1)c1cc(F)cc(C#N)c1. The van der Waals surface area contributed by atoms with Crippen LogP contribution in [0.3, 0.4) is 0 Å². The summed E-state index contributed by atoms with van der Waals surface area (Å²) in [5.74, 6) is -0.345. The van der Waals surface area contributed by atoms with Crippen LogP contribution in [0.5, 0.6) is 0 Å². The molecule has 1 aliphatic heterocycles. The number of halogens is 1. The summed E-state index contributed by atoms with van der Waals surface area (Å²) in [6, 6.07) is 6.99. The first-order valence-corrected chi connectivity index (χ1v) is 6.42. The van der Waals surface area contributed by atoms with Gasteiger partial charge in [-0.15, -0.1) is 0 Å². The minimum absolute atomic E-state index is 0.345. The highest BCUT2D eigenvalue weighted by Gasteiger charge is 2.18. The molecule has 0 saturated carbocycles. The molecule has 0 amide bonds. The van der Waals surface area contributed by atoms with Crippen LogP contribution in [0.25, 0.3) is 0 Å². The lowest BCUT2D eigenvalue weighted by atomic mass is 10.1. The topological polar surface area (TPSA) is 39.1 Å². The first-order valence-electron chi connectivity index (χ1n) is 6.42. The second-order valence-electron chi connectivity index (χ2n) is 4.64. The maximum Gasteiger partial charge on any atom is 0.126 e. The van der Waals surface area contributed by atoms with Crippen LogP contribution in [0.4, 0.5) is 10.1 Å². The predicted octanol–water partition coefficient (Wildman–Crippen LogP) is 2.28. The average Bonchev–Trinajstić information content (AvgIpc) is 2.88. The summed E-state index contributed by atoms with van der Waals surface area (Å²) in [6.07, 6.45) is 2.37. The molecule has 4 heteroatoms. The summed E-state index contributed by atoms with van der Waals surface area (Å²) in [4.78, 5) is 2.12. The van der Waals surface area contributed by atoms with Gasteiger partial charge in [0.1, 0.15) is 5.82 Å². The number of nitrogens with zero attached hydrogens (tertiary/aromatic N) is 2. The zero-order chi connectivity index (χ0) is 13.0. The third kappa shape index (κ3) is 2.99. The molecule has 18 heavy (non-hydrogen) atoms. The Labute approximate surface area is 107 Å². The van der Waals surface area contributed by atoms with E-state index in [2.05, 4.69) is 10.2 Å². The maximum atomic E-state index is 13.4. The molecule has 1 heterocycles. The van der Waals surface area contributed by atoms with Gasteiger partial charge < -0.3 is 10.2 Å². The van der Waals surface area contributed by atoms with Crippen molar-refractivity contribution in [1.82, 2.24) is 5.32 Å². The van der Waals surface area contributed by atoms with E-state index in [9.17, 15) is 4.39 Å². The lowest BCUT2D eigenvalue weighted by Crippen LogP contribution is -2.37. The van der Waals surface area contributed by atoms with Gasteiger partial charge in [0.05, 0.1) is 11.6 Å². The van der Waals surface area contributed by atoms with Crippen molar-refractivity contribution in [3.63, 3.8) is 0 Å². The van der Waals surface area contributed by atoms with Gasteiger partial charge in [0.15, 0.2) is 0 Å².